The number of anilines is 1. The highest BCUT2D eigenvalue weighted by molar-refractivity contribution is 7.94. The molecule has 4 N–H and O–H groups in total. The minimum Gasteiger partial charge on any atom is -0.507 e. The van der Waals surface area contributed by atoms with Crippen LogP contribution in [0.5, 0.6) is 5.75 Å². The predicted molar refractivity (Wildman–Crippen MR) is 124 cm³/mol. The van der Waals surface area contributed by atoms with Crippen molar-refractivity contribution in [1.82, 2.24) is 0 Å². The molecule has 0 unspecified atom stereocenters. The Bertz CT molecular complexity index is 1130. The number of phenols is 1. The molecule has 0 heterocycles. The van der Waals surface area contributed by atoms with E-state index in [-0.39, 0.29) is 11.7 Å². The van der Waals surface area contributed by atoms with Crippen molar-refractivity contribution in [3.05, 3.63) is 65.7 Å². The van der Waals surface area contributed by atoms with Crippen LogP contribution >= 0.6 is 12.0 Å². The predicted octanol–water partition coefficient (Wildman–Crippen LogP) is 5.06. The smallest absolute Gasteiger partial charge is 0.261 e. The molecule has 0 saturated heterocycles. The van der Waals surface area contributed by atoms with Gasteiger partial charge in [0.15, 0.2) is 0 Å². The summed E-state index contributed by atoms with van der Waals surface area (Å²) >= 11 is 0.773. The number of amides is 1. The molecule has 9 nitrogen and oxygen atoms in total. The van der Waals surface area contributed by atoms with Crippen LogP contribution < -0.4 is 5.32 Å². The van der Waals surface area contributed by atoms with Crippen LogP contribution in [0.15, 0.2) is 59.5 Å². The van der Waals surface area contributed by atoms with Gasteiger partial charge in [0, 0.05) is 21.4 Å². The van der Waals surface area contributed by atoms with Gasteiger partial charge in [0.25, 0.3) is 16.0 Å². The largest absolute Gasteiger partial charge is 0.507 e. The van der Waals surface area contributed by atoms with Gasteiger partial charge in [-0.25, -0.2) is 5.26 Å². The number of hydrogen-bond donors (Lipinski definition) is 4. The first-order chi connectivity index (χ1) is 15.1. The van der Waals surface area contributed by atoms with E-state index >= 15 is 0 Å². The van der Waals surface area contributed by atoms with Crippen molar-refractivity contribution in [2.75, 3.05) is 11.6 Å². The van der Waals surface area contributed by atoms with E-state index in [1.807, 2.05) is 19.9 Å². The summed E-state index contributed by atoms with van der Waals surface area (Å²) < 4.78 is 30.3. The summed E-state index contributed by atoms with van der Waals surface area (Å²) in [5.41, 5.74) is 1.56. The fourth-order valence-electron chi connectivity index (χ4n) is 2.54. The summed E-state index contributed by atoms with van der Waals surface area (Å²) in [6.45, 7) is 5.70. The normalized spacial score (nSPS) is 10.4. The fraction of sp³-hybridized carbons (Fsp3) is 0.190. The number of carbonyl (C=O) groups excluding carboxylic acids is 1. The van der Waals surface area contributed by atoms with E-state index in [1.54, 1.807) is 55.5 Å². The van der Waals surface area contributed by atoms with Crippen molar-refractivity contribution in [2.45, 2.75) is 25.7 Å². The molecule has 0 spiro atoms. The lowest BCUT2D eigenvalue weighted by Gasteiger charge is -2.14. The third kappa shape index (κ3) is 8.46. The highest BCUT2D eigenvalue weighted by Gasteiger charge is 2.15. The quantitative estimate of drug-likeness (QED) is 0.169. The Hall–Kier alpha value is -2.67. The Morgan fingerprint density at radius 2 is 1.66 bits per heavy atom. The molecule has 0 saturated carbocycles. The maximum atomic E-state index is 12.4. The van der Waals surface area contributed by atoms with Crippen molar-refractivity contribution in [3.63, 3.8) is 0 Å². The molecule has 11 heteroatoms. The molecule has 0 bridgehead atoms. The maximum absolute atomic E-state index is 12.4. The molecule has 32 heavy (non-hydrogen) atoms. The van der Waals surface area contributed by atoms with Crippen LogP contribution in [-0.4, -0.2) is 35.5 Å². The Morgan fingerprint density at radius 3 is 2.22 bits per heavy atom. The molecule has 1 amide bonds. The van der Waals surface area contributed by atoms with Crippen LogP contribution in [0.25, 0.3) is 10.8 Å². The first kappa shape index (κ1) is 27.4. The van der Waals surface area contributed by atoms with E-state index in [4.69, 9.17) is 9.81 Å². The Balaban J connectivity index is 0.000000646. The van der Waals surface area contributed by atoms with Gasteiger partial charge in [-0.05, 0) is 36.6 Å². The number of carbonyl (C=O) groups is 1. The highest BCUT2D eigenvalue weighted by atomic mass is 32.2. The summed E-state index contributed by atoms with van der Waals surface area (Å²) in [6.07, 6.45) is 0.715. The lowest BCUT2D eigenvalue weighted by Crippen LogP contribution is -2.12. The van der Waals surface area contributed by atoms with Crippen LogP contribution in [0.3, 0.4) is 0 Å². The van der Waals surface area contributed by atoms with Crippen molar-refractivity contribution < 1.29 is 37.5 Å². The lowest BCUT2D eigenvalue weighted by atomic mass is 10.0. The van der Waals surface area contributed by atoms with Gasteiger partial charge in [-0.15, -0.1) is 4.33 Å². The zero-order valence-corrected chi connectivity index (χ0v) is 19.5. The number of fused-ring (bicyclic) bond motifs is 1. The van der Waals surface area contributed by atoms with Gasteiger partial charge in [0.05, 0.1) is 24.0 Å². The average molecular weight is 484 g/mol. The van der Waals surface area contributed by atoms with E-state index in [2.05, 4.69) is 14.7 Å². The minimum atomic E-state index is -3.67. The molecular weight excluding hydrogens is 458 g/mol. The van der Waals surface area contributed by atoms with Crippen LogP contribution in [-0.2, 0) is 19.5 Å². The second-order valence-corrected chi connectivity index (χ2v) is 8.24. The summed E-state index contributed by atoms with van der Waals surface area (Å²) in [6, 6.07) is 15.9. The van der Waals surface area contributed by atoms with Gasteiger partial charge in [0.1, 0.15) is 5.75 Å². The van der Waals surface area contributed by atoms with Crippen molar-refractivity contribution in [1.29, 1.82) is 0 Å². The SMILES string of the molecule is CC.CS(=O)(=O)O.Cc1c(SOOO)cc2cccc(NC(=O)c3ccccc3)c2c1O. The molecule has 174 valence electrons. The molecule has 0 aliphatic carbocycles. The molecule has 0 radical (unpaired) electrons. The molecular formula is C21H25NO8S2. The lowest BCUT2D eigenvalue weighted by molar-refractivity contribution is -0.432. The molecule has 0 aromatic heterocycles. The summed E-state index contributed by atoms with van der Waals surface area (Å²) in [7, 11) is -3.67. The van der Waals surface area contributed by atoms with Crippen LogP contribution in [0.1, 0.15) is 29.8 Å². The topological polar surface area (TPSA) is 142 Å². The first-order valence-electron chi connectivity index (χ1n) is 9.30. The zero-order valence-electron chi connectivity index (χ0n) is 17.9. The zero-order chi connectivity index (χ0) is 24.3. The van der Waals surface area contributed by atoms with Gasteiger partial charge in [-0.2, -0.15) is 8.42 Å². The van der Waals surface area contributed by atoms with Crippen LogP contribution in [0.4, 0.5) is 5.69 Å². The summed E-state index contributed by atoms with van der Waals surface area (Å²) in [5.74, 6) is -0.244. The fourth-order valence-corrected chi connectivity index (χ4v) is 3.04. The van der Waals surface area contributed by atoms with Crippen LogP contribution in [0.2, 0.25) is 0 Å². The number of benzene rings is 3. The second kappa shape index (κ2) is 13.0. The molecule has 0 aliphatic rings. The van der Waals surface area contributed by atoms with Crippen molar-refractivity contribution in [2.24, 2.45) is 0 Å². The number of aromatic hydroxyl groups is 1. The molecule has 0 atom stereocenters. The van der Waals surface area contributed by atoms with Gasteiger partial charge in [0.2, 0.25) is 0 Å². The standard InChI is InChI=1S/C18H15NO5S.C2H6.CH4O3S/c1-11-15(25-24-23-22)10-13-8-5-9-14(16(13)17(11)20)19-18(21)12-6-3-2-4-7-12;1-2;1-5(2,3)4/h2-10,20,22H,1H3,(H,19,21);1-2H3;1H3,(H,2,3,4). The molecule has 3 aromatic rings. The second-order valence-electron chi connectivity index (χ2n) is 6.03. The summed E-state index contributed by atoms with van der Waals surface area (Å²) in [5, 5.41) is 26.5. The molecule has 0 aliphatic heterocycles. The van der Waals surface area contributed by atoms with Gasteiger partial charge in [-0.1, -0.05) is 49.2 Å². The van der Waals surface area contributed by atoms with Gasteiger partial charge < -0.3 is 10.4 Å². The number of phenolic OH excluding ortho intramolecular Hbond substituents is 1. The highest BCUT2D eigenvalue weighted by Crippen LogP contribution is 2.40. The first-order valence-corrected chi connectivity index (χ1v) is 11.9. The Labute approximate surface area is 190 Å². The number of hydrogen-bond acceptors (Lipinski definition) is 8. The van der Waals surface area contributed by atoms with Crippen molar-refractivity contribution in [3.8, 4) is 5.75 Å². The van der Waals surface area contributed by atoms with Crippen molar-refractivity contribution >= 4 is 44.5 Å². The molecule has 3 aromatic carbocycles. The average Bonchev–Trinajstić information content (AvgIpc) is 2.76. The Kier molecular flexibility index (Phi) is 11.1. The minimum absolute atomic E-state index is 0.0190. The number of nitrogens with one attached hydrogen (secondary N) is 1. The monoisotopic (exact) mass is 483 g/mol. The molecule has 3 rings (SSSR count). The third-order valence-electron chi connectivity index (χ3n) is 3.78. The summed E-state index contributed by atoms with van der Waals surface area (Å²) in [4.78, 5) is 13.0. The van der Waals surface area contributed by atoms with Gasteiger partial charge >= 0.3 is 0 Å². The van der Waals surface area contributed by atoms with E-state index in [0.29, 0.717) is 38.7 Å². The Morgan fingerprint density at radius 1 is 1.06 bits per heavy atom. The van der Waals surface area contributed by atoms with Gasteiger partial charge in [-0.3, -0.25) is 9.35 Å². The number of rotatable bonds is 5. The van der Waals surface area contributed by atoms with E-state index in [0.717, 1.165) is 12.0 Å². The maximum Gasteiger partial charge on any atom is 0.261 e. The van der Waals surface area contributed by atoms with Crippen LogP contribution in [0, 0.1) is 6.92 Å². The van der Waals surface area contributed by atoms with E-state index < -0.39 is 10.1 Å². The third-order valence-corrected chi connectivity index (χ3v) is 4.52. The van der Waals surface area contributed by atoms with E-state index in [1.165, 1.54) is 0 Å². The molecule has 0 fully saturated rings. The van der Waals surface area contributed by atoms with E-state index in [9.17, 15) is 18.3 Å².